The summed E-state index contributed by atoms with van der Waals surface area (Å²) in [7, 11) is 1.49. The molecule has 158 valence electrons. The van der Waals surface area contributed by atoms with Gasteiger partial charge in [-0.3, -0.25) is 4.63 Å². The molecular formula is C21H16BrN3O6. The first-order valence-corrected chi connectivity index (χ1v) is 9.89. The molecule has 0 saturated heterocycles. The van der Waals surface area contributed by atoms with Crippen LogP contribution in [0.15, 0.2) is 62.3 Å². The minimum Gasteiger partial charge on any atom is -0.493 e. The van der Waals surface area contributed by atoms with Gasteiger partial charge >= 0.3 is 5.97 Å². The van der Waals surface area contributed by atoms with E-state index in [1.54, 1.807) is 25.1 Å². The summed E-state index contributed by atoms with van der Waals surface area (Å²) in [5, 5.41) is 15.2. The second-order valence-electron chi connectivity index (χ2n) is 6.49. The third-order valence-electron chi connectivity index (χ3n) is 4.44. The Bertz CT molecular complexity index is 1180. The molecule has 4 rings (SSSR count). The van der Waals surface area contributed by atoms with Crippen molar-refractivity contribution in [3.63, 3.8) is 0 Å². The second kappa shape index (κ2) is 8.60. The average Bonchev–Trinajstić information content (AvgIpc) is 3.29. The highest BCUT2D eigenvalue weighted by Crippen LogP contribution is 2.38. The van der Waals surface area contributed by atoms with E-state index in [1.165, 1.54) is 7.11 Å². The highest BCUT2D eigenvalue weighted by molar-refractivity contribution is 9.10. The number of esters is 1. The van der Waals surface area contributed by atoms with Crippen molar-refractivity contribution >= 4 is 33.9 Å². The van der Waals surface area contributed by atoms with E-state index in [2.05, 4.69) is 30.7 Å². The third kappa shape index (κ3) is 4.29. The van der Waals surface area contributed by atoms with Gasteiger partial charge in [-0.2, -0.15) is 0 Å². The van der Waals surface area contributed by atoms with E-state index in [9.17, 15) is 10.0 Å². The van der Waals surface area contributed by atoms with Crippen molar-refractivity contribution < 1.29 is 28.5 Å². The molecule has 0 fully saturated rings. The summed E-state index contributed by atoms with van der Waals surface area (Å²) >= 11 is 3.44. The molecule has 0 bridgehead atoms. The number of aryl methyl sites for hydroxylation is 1. The molecule has 0 atom stereocenters. The van der Waals surface area contributed by atoms with E-state index < -0.39 is 5.97 Å². The first-order chi connectivity index (χ1) is 15.0. The Balaban J connectivity index is 1.61. The van der Waals surface area contributed by atoms with Crippen LogP contribution in [0.2, 0.25) is 0 Å². The molecule has 10 heteroatoms. The summed E-state index contributed by atoms with van der Waals surface area (Å²) in [6.45, 7) is 1.58. The lowest BCUT2D eigenvalue weighted by atomic mass is 10.1. The predicted molar refractivity (Wildman–Crippen MR) is 112 cm³/mol. The lowest BCUT2D eigenvalue weighted by molar-refractivity contribution is -0.808. The van der Waals surface area contributed by atoms with Crippen molar-refractivity contribution in [3.8, 4) is 11.5 Å². The number of halogens is 1. The Morgan fingerprint density at radius 1 is 1.26 bits per heavy atom. The van der Waals surface area contributed by atoms with Gasteiger partial charge in [-0.1, -0.05) is 18.2 Å². The molecule has 0 saturated carbocycles. The van der Waals surface area contributed by atoms with Crippen LogP contribution in [0.3, 0.4) is 0 Å². The van der Waals surface area contributed by atoms with Gasteiger partial charge in [0.1, 0.15) is 0 Å². The van der Waals surface area contributed by atoms with Gasteiger partial charge in [0, 0.05) is 17.6 Å². The molecule has 9 nitrogen and oxygen atoms in total. The molecule has 0 amide bonds. The standard InChI is InChI=1S/C21H16BrN3O6/c1-12-17(25(27)31-24-12)11-29-19-15(22)8-13(10-18(19)28-2)9-16-21(26)30-20(23-16)14-6-4-3-5-7-14/h3-10H,11H2,1-2H3/b16-9-. The van der Waals surface area contributed by atoms with Crippen LogP contribution in [0.4, 0.5) is 0 Å². The van der Waals surface area contributed by atoms with Crippen molar-refractivity contribution in [2.45, 2.75) is 13.5 Å². The molecule has 0 N–H and O–H groups in total. The summed E-state index contributed by atoms with van der Waals surface area (Å²) in [5.74, 6) is 0.481. The van der Waals surface area contributed by atoms with Crippen LogP contribution in [-0.2, 0) is 16.1 Å². The number of nitrogens with zero attached hydrogens (tertiary/aromatic N) is 3. The number of rotatable bonds is 6. The highest BCUT2D eigenvalue weighted by atomic mass is 79.9. The fourth-order valence-corrected chi connectivity index (χ4v) is 3.44. The summed E-state index contributed by atoms with van der Waals surface area (Å²) in [6, 6.07) is 12.6. The monoisotopic (exact) mass is 485 g/mol. The van der Waals surface area contributed by atoms with E-state index >= 15 is 0 Å². The molecule has 2 heterocycles. The normalized spacial score (nSPS) is 14.5. The number of cyclic esters (lactones) is 1. The minimum atomic E-state index is -0.544. The molecule has 0 aliphatic carbocycles. The van der Waals surface area contributed by atoms with Gasteiger partial charge in [0.05, 0.1) is 11.6 Å². The van der Waals surface area contributed by atoms with Crippen LogP contribution in [-0.4, -0.2) is 24.1 Å². The maximum absolute atomic E-state index is 12.2. The lowest BCUT2D eigenvalue weighted by Crippen LogP contribution is -2.29. The Hall–Kier alpha value is -3.66. The van der Waals surface area contributed by atoms with E-state index in [4.69, 9.17) is 14.2 Å². The van der Waals surface area contributed by atoms with Gasteiger partial charge in [-0.25, -0.2) is 9.79 Å². The zero-order chi connectivity index (χ0) is 22.0. The van der Waals surface area contributed by atoms with Crippen LogP contribution >= 0.6 is 15.9 Å². The number of hydrogen-bond acceptors (Lipinski definition) is 8. The zero-order valence-electron chi connectivity index (χ0n) is 16.5. The van der Waals surface area contributed by atoms with E-state index in [0.717, 1.165) is 0 Å². The topological polar surface area (TPSA) is 110 Å². The van der Waals surface area contributed by atoms with Crippen LogP contribution < -0.4 is 14.4 Å². The number of carbonyl (C=O) groups is 1. The molecule has 2 aromatic carbocycles. The van der Waals surface area contributed by atoms with E-state index in [1.807, 2.05) is 30.3 Å². The quantitative estimate of drug-likeness (QED) is 0.299. The fourth-order valence-electron chi connectivity index (χ4n) is 2.86. The first-order valence-electron chi connectivity index (χ1n) is 9.09. The number of aliphatic imine (C=N–C) groups is 1. The Morgan fingerprint density at radius 3 is 2.71 bits per heavy atom. The van der Waals surface area contributed by atoms with Crippen LogP contribution in [0, 0.1) is 12.1 Å². The van der Waals surface area contributed by atoms with Crippen molar-refractivity contribution in [3.05, 3.63) is 80.4 Å². The smallest absolute Gasteiger partial charge is 0.363 e. The second-order valence-corrected chi connectivity index (χ2v) is 7.34. The van der Waals surface area contributed by atoms with Crippen LogP contribution in [0.1, 0.15) is 22.5 Å². The number of hydrogen-bond donors (Lipinski definition) is 0. The van der Waals surface area contributed by atoms with Crippen molar-refractivity contribution in [1.82, 2.24) is 5.16 Å². The van der Waals surface area contributed by atoms with Gasteiger partial charge in [0.2, 0.25) is 17.3 Å². The fraction of sp³-hybridized carbons (Fsp3) is 0.143. The average molecular weight is 486 g/mol. The largest absolute Gasteiger partial charge is 0.493 e. The Kier molecular flexibility index (Phi) is 5.72. The molecule has 0 radical (unpaired) electrons. The van der Waals surface area contributed by atoms with Gasteiger partial charge in [-0.05, 0) is 56.7 Å². The molecule has 3 aromatic rings. The van der Waals surface area contributed by atoms with Crippen molar-refractivity contribution in [1.29, 1.82) is 0 Å². The predicted octanol–water partition coefficient (Wildman–Crippen LogP) is 3.31. The SMILES string of the molecule is COc1cc(/C=C2\N=C(c3ccccc3)OC2=O)cc(Br)c1OCc1c(C)no[n+]1[O-]. The van der Waals surface area contributed by atoms with Gasteiger partial charge in [0.15, 0.2) is 23.8 Å². The number of aromatic nitrogens is 2. The van der Waals surface area contributed by atoms with Crippen LogP contribution in [0.5, 0.6) is 11.5 Å². The number of benzene rings is 2. The molecule has 0 spiro atoms. The summed E-state index contributed by atoms with van der Waals surface area (Å²) in [5.41, 5.74) is 2.19. The Morgan fingerprint density at radius 2 is 2.03 bits per heavy atom. The zero-order valence-corrected chi connectivity index (χ0v) is 18.1. The van der Waals surface area contributed by atoms with Gasteiger partial charge in [0.25, 0.3) is 0 Å². The third-order valence-corrected chi connectivity index (χ3v) is 5.03. The van der Waals surface area contributed by atoms with Crippen molar-refractivity contribution in [2.24, 2.45) is 4.99 Å². The van der Waals surface area contributed by atoms with Crippen molar-refractivity contribution in [2.75, 3.05) is 7.11 Å². The van der Waals surface area contributed by atoms with E-state index in [-0.39, 0.29) is 23.9 Å². The summed E-state index contributed by atoms with van der Waals surface area (Å²) in [4.78, 5) is 16.8. The molecule has 1 aromatic heterocycles. The first kappa shape index (κ1) is 20.6. The van der Waals surface area contributed by atoms with Gasteiger partial charge < -0.3 is 19.4 Å². The number of carbonyl (C=O) groups excluding carboxylic acids is 1. The molecule has 1 aliphatic rings. The maximum atomic E-state index is 12.2. The van der Waals surface area contributed by atoms with Crippen LogP contribution in [0.25, 0.3) is 6.08 Å². The summed E-state index contributed by atoms with van der Waals surface area (Å²) in [6.07, 6.45) is 1.59. The van der Waals surface area contributed by atoms with Gasteiger partial charge in [-0.15, -0.1) is 0 Å². The lowest BCUT2D eigenvalue weighted by Gasteiger charge is -2.12. The molecular weight excluding hydrogens is 470 g/mol. The molecule has 0 unspecified atom stereocenters. The van der Waals surface area contributed by atoms with E-state index in [0.29, 0.717) is 37.7 Å². The Labute approximate surface area is 185 Å². The minimum absolute atomic E-state index is 0.0642. The maximum Gasteiger partial charge on any atom is 0.363 e. The number of methoxy groups -OCH3 is 1. The molecule has 1 aliphatic heterocycles. The highest BCUT2D eigenvalue weighted by Gasteiger charge is 2.24. The number of ether oxygens (including phenoxy) is 3. The summed E-state index contributed by atoms with van der Waals surface area (Å²) < 4.78 is 21.5. The molecule has 31 heavy (non-hydrogen) atoms.